The van der Waals surface area contributed by atoms with Crippen molar-refractivity contribution in [2.75, 3.05) is 18.1 Å². The summed E-state index contributed by atoms with van der Waals surface area (Å²) in [5, 5.41) is 0. The number of rotatable bonds is 3. The van der Waals surface area contributed by atoms with Gasteiger partial charge >= 0.3 is 5.97 Å². The minimum absolute atomic E-state index is 0.157. The first kappa shape index (κ1) is 12.8. The van der Waals surface area contributed by atoms with E-state index in [0.717, 1.165) is 36.6 Å². The second-order valence-corrected chi connectivity index (χ2v) is 4.50. The van der Waals surface area contributed by atoms with Crippen LogP contribution in [0.5, 0.6) is 0 Å². The highest BCUT2D eigenvalue weighted by Gasteiger charge is 2.32. The van der Waals surface area contributed by atoms with Gasteiger partial charge in [-0.05, 0) is 33.6 Å². The van der Waals surface area contributed by atoms with E-state index in [1.807, 2.05) is 25.7 Å². The normalized spacial score (nSPS) is 19.1. The molecule has 18 heavy (non-hydrogen) atoms. The summed E-state index contributed by atoms with van der Waals surface area (Å²) in [6, 6.07) is -0.207. The van der Waals surface area contributed by atoms with Gasteiger partial charge in [0.1, 0.15) is 11.9 Å². The highest BCUT2D eigenvalue weighted by Crippen LogP contribution is 2.24. The lowest BCUT2D eigenvalue weighted by Gasteiger charge is -2.24. The third kappa shape index (κ3) is 2.44. The lowest BCUT2D eigenvalue weighted by molar-refractivity contribution is -0.144. The number of ether oxygens (including phenoxy) is 1. The fourth-order valence-corrected chi connectivity index (χ4v) is 2.19. The zero-order chi connectivity index (χ0) is 13.1. The molecule has 1 aromatic rings. The van der Waals surface area contributed by atoms with Gasteiger partial charge in [-0.15, -0.1) is 0 Å². The molecule has 1 aliphatic heterocycles. The largest absolute Gasteiger partial charge is 0.464 e. The van der Waals surface area contributed by atoms with Crippen LogP contribution in [0.2, 0.25) is 0 Å². The van der Waals surface area contributed by atoms with Crippen molar-refractivity contribution in [2.45, 2.75) is 39.7 Å². The Morgan fingerprint density at radius 1 is 1.50 bits per heavy atom. The lowest BCUT2D eigenvalue weighted by atomic mass is 10.2. The molecular formula is C13H19N3O2. The van der Waals surface area contributed by atoms with Crippen molar-refractivity contribution in [1.29, 1.82) is 0 Å². The van der Waals surface area contributed by atoms with Crippen molar-refractivity contribution >= 4 is 11.8 Å². The molecule has 0 N–H and O–H groups in total. The molecule has 0 amide bonds. The van der Waals surface area contributed by atoms with Gasteiger partial charge in [0.25, 0.3) is 0 Å². The van der Waals surface area contributed by atoms with Gasteiger partial charge < -0.3 is 9.64 Å². The topological polar surface area (TPSA) is 55.3 Å². The smallest absolute Gasteiger partial charge is 0.328 e. The van der Waals surface area contributed by atoms with Gasteiger partial charge in [0.05, 0.1) is 24.2 Å². The minimum atomic E-state index is -0.207. The van der Waals surface area contributed by atoms with Crippen molar-refractivity contribution in [1.82, 2.24) is 9.97 Å². The fraction of sp³-hybridized carbons (Fsp3) is 0.615. The molecule has 5 nitrogen and oxygen atoms in total. The van der Waals surface area contributed by atoms with Crippen LogP contribution in [0.3, 0.4) is 0 Å². The Morgan fingerprint density at radius 2 is 2.28 bits per heavy atom. The van der Waals surface area contributed by atoms with Crippen molar-refractivity contribution < 1.29 is 9.53 Å². The third-order valence-electron chi connectivity index (χ3n) is 3.29. The van der Waals surface area contributed by atoms with E-state index in [9.17, 15) is 4.79 Å². The molecule has 1 aliphatic rings. The Balaban J connectivity index is 2.20. The van der Waals surface area contributed by atoms with Crippen molar-refractivity contribution in [2.24, 2.45) is 0 Å². The maximum absolute atomic E-state index is 11.9. The Labute approximate surface area is 107 Å². The number of carbonyl (C=O) groups excluding carboxylic acids is 1. The summed E-state index contributed by atoms with van der Waals surface area (Å²) in [5.41, 5.74) is 1.83. The third-order valence-corrected chi connectivity index (χ3v) is 3.29. The molecule has 2 rings (SSSR count). The minimum Gasteiger partial charge on any atom is -0.464 e. The van der Waals surface area contributed by atoms with Crippen LogP contribution in [-0.2, 0) is 9.53 Å². The maximum atomic E-state index is 11.9. The van der Waals surface area contributed by atoms with E-state index in [4.69, 9.17) is 4.74 Å². The van der Waals surface area contributed by atoms with Crippen LogP contribution >= 0.6 is 0 Å². The van der Waals surface area contributed by atoms with Crippen LogP contribution in [-0.4, -0.2) is 35.1 Å². The summed E-state index contributed by atoms with van der Waals surface area (Å²) in [6.07, 6.45) is 3.55. The first-order valence-electron chi connectivity index (χ1n) is 6.37. The standard InChI is InChI=1S/C13H19N3O2/c1-4-18-13(17)11-6-5-7-16(11)12-8-14-9(2)10(3)15-12/h8,11H,4-7H2,1-3H3. The summed E-state index contributed by atoms with van der Waals surface area (Å²) in [7, 11) is 0. The summed E-state index contributed by atoms with van der Waals surface area (Å²) < 4.78 is 5.10. The Hall–Kier alpha value is -1.65. The van der Waals surface area contributed by atoms with Crippen molar-refractivity contribution in [3.63, 3.8) is 0 Å². The molecule has 0 aliphatic carbocycles. The summed E-state index contributed by atoms with van der Waals surface area (Å²) in [4.78, 5) is 22.7. The van der Waals surface area contributed by atoms with Crippen molar-refractivity contribution in [3.8, 4) is 0 Å². The van der Waals surface area contributed by atoms with E-state index < -0.39 is 0 Å². The van der Waals surface area contributed by atoms with E-state index in [1.54, 1.807) is 6.20 Å². The molecule has 2 heterocycles. The number of aryl methyl sites for hydroxylation is 2. The molecule has 1 fully saturated rings. The number of hydrogen-bond donors (Lipinski definition) is 0. The molecule has 0 aromatic carbocycles. The van der Waals surface area contributed by atoms with E-state index in [1.165, 1.54) is 0 Å². The molecule has 98 valence electrons. The summed E-state index contributed by atoms with van der Waals surface area (Å²) in [6.45, 7) is 6.94. The van der Waals surface area contributed by atoms with Crippen LogP contribution in [0, 0.1) is 13.8 Å². The van der Waals surface area contributed by atoms with E-state index in [-0.39, 0.29) is 12.0 Å². The van der Waals surface area contributed by atoms with Gasteiger partial charge in [0, 0.05) is 6.54 Å². The van der Waals surface area contributed by atoms with Gasteiger partial charge in [0.2, 0.25) is 0 Å². The quantitative estimate of drug-likeness (QED) is 0.762. The Morgan fingerprint density at radius 3 is 2.94 bits per heavy atom. The monoisotopic (exact) mass is 249 g/mol. The van der Waals surface area contributed by atoms with Gasteiger partial charge in [0.15, 0.2) is 0 Å². The molecule has 0 saturated carbocycles. The molecular weight excluding hydrogens is 230 g/mol. The van der Waals surface area contributed by atoms with E-state index in [2.05, 4.69) is 9.97 Å². The average Bonchev–Trinajstić information content (AvgIpc) is 2.82. The van der Waals surface area contributed by atoms with Gasteiger partial charge in [-0.2, -0.15) is 0 Å². The second-order valence-electron chi connectivity index (χ2n) is 4.50. The second kappa shape index (κ2) is 5.33. The Kier molecular flexibility index (Phi) is 3.79. The molecule has 0 radical (unpaired) electrons. The highest BCUT2D eigenvalue weighted by molar-refractivity contribution is 5.80. The zero-order valence-electron chi connectivity index (χ0n) is 11.1. The predicted octanol–water partition coefficient (Wildman–Crippen LogP) is 1.63. The zero-order valence-corrected chi connectivity index (χ0v) is 11.1. The van der Waals surface area contributed by atoms with Gasteiger partial charge in [-0.25, -0.2) is 9.78 Å². The SMILES string of the molecule is CCOC(=O)C1CCCN1c1cnc(C)c(C)n1. The molecule has 0 bridgehead atoms. The van der Waals surface area contributed by atoms with Crippen LogP contribution < -0.4 is 4.90 Å². The lowest BCUT2D eigenvalue weighted by Crippen LogP contribution is -2.38. The first-order valence-corrected chi connectivity index (χ1v) is 6.37. The van der Waals surface area contributed by atoms with Crippen molar-refractivity contribution in [3.05, 3.63) is 17.6 Å². The first-order chi connectivity index (χ1) is 8.63. The summed E-state index contributed by atoms with van der Waals surface area (Å²) >= 11 is 0. The number of nitrogens with zero attached hydrogens (tertiary/aromatic N) is 3. The number of carbonyl (C=O) groups is 1. The highest BCUT2D eigenvalue weighted by atomic mass is 16.5. The van der Waals surface area contributed by atoms with Crippen LogP contribution in [0.25, 0.3) is 0 Å². The summed E-state index contributed by atoms with van der Waals surface area (Å²) in [5.74, 6) is 0.615. The van der Waals surface area contributed by atoms with Crippen LogP contribution in [0.15, 0.2) is 6.20 Å². The number of aromatic nitrogens is 2. The fourth-order valence-electron chi connectivity index (χ4n) is 2.19. The molecule has 1 saturated heterocycles. The molecule has 0 spiro atoms. The Bertz CT molecular complexity index is 448. The van der Waals surface area contributed by atoms with Crippen LogP contribution in [0.1, 0.15) is 31.2 Å². The van der Waals surface area contributed by atoms with E-state index >= 15 is 0 Å². The number of esters is 1. The number of hydrogen-bond acceptors (Lipinski definition) is 5. The molecule has 5 heteroatoms. The maximum Gasteiger partial charge on any atom is 0.328 e. The average molecular weight is 249 g/mol. The predicted molar refractivity (Wildman–Crippen MR) is 68.5 cm³/mol. The van der Waals surface area contributed by atoms with Gasteiger partial charge in [-0.3, -0.25) is 4.98 Å². The molecule has 1 aromatic heterocycles. The van der Waals surface area contributed by atoms with E-state index in [0.29, 0.717) is 6.61 Å². The van der Waals surface area contributed by atoms with Gasteiger partial charge in [-0.1, -0.05) is 0 Å². The molecule has 1 unspecified atom stereocenters. The molecule has 1 atom stereocenters. The number of anilines is 1. The van der Waals surface area contributed by atoms with Crippen LogP contribution in [0.4, 0.5) is 5.82 Å².